The Hall–Kier alpha value is -2.72. The van der Waals surface area contributed by atoms with Gasteiger partial charge < -0.3 is 14.8 Å². The van der Waals surface area contributed by atoms with E-state index in [0.717, 1.165) is 28.4 Å². The van der Waals surface area contributed by atoms with E-state index >= 15 is 0 Å². The first-order valence-corrected chi connectivity index (χ1v) is 8.28. The van der Waals surface area contributed by atoms with Gasteiger partial charge in [-0.3, -0.25) is 0 Å². The van der Waals surface area contributed by atoms with E-state index in [4.69, 9.17) is 21.1 Å². The van der Waals surface area contributed by atoms with Gasteiger partial charge in [0.1, 0.15) is 12.4 Å². The van der Waals surface area contributed by atoms with Crippen LogP contribution < -0.4 is 14.8 Å². The van der Waals surface area contributed by atoms with Gasteiger partial charge in [-0.05, 0) is 30.7 Å². The van der Waals surface area contributed by atoms with Crippen LogP contribution >= 0.6 is 11.6 Å². The molecule has 0 aliphatic heterocycles. The van der Waals surface area contributed by atoms with Crippen LogP contribution in [0.25, 0.3) is 0 Å². The molecule has 1 aromatic heterocycles. The fraction of sp³-hybridized carbons (Fsp3) is 0.150. The first kappa shape index (κ1) is 17.1. The van der Waals surface area contributed by atoms with Crippen LogP contribution in [-0.4, -0.2) is 12.1 Å². The summed E-state index contributed by atoms with van der Waals surface area (Å²) in [7, 11) is 1.62. The Morgan fingerprint density at radius 2 is 1.80 bits per heavy atom. The normalized spacial score (nSPS) is 10.4. The first-order valence-electron chi connectivity index (χ1n) is 7.90. The maximum absolute atomic E-state index is 6.24. The molecule has 3 rings (SSSR count). The van der Waals surface area contributed by atoms with E-state index < -0.39 is 0 Å². The smallest absolute Gasteiger partial charge is 0.213 e. The van der Waals surface area contributed by atoms with Gasteiger partial charge in [-0.2, -0.15) is 0 Å². The molecule has 0 amide bonds. The molecule has 3 aromatic rings. The van der Waals surface area contributed by atoms with Crippen LogP contribution in [0, 0.1) is 6.92 Å². The number of hydrogen-bond donors (Lipinski definition) is 1. The van der Waals surface area contributed by atoms with Gasteiger partial charge in [0, 0.05) is 12.1 Å². The Balaban J connectivity index is 1.72. The van der Waals surface area contributed by atoms with Crippen molar-refractivity contribution >= 4 is 23.0 Å². The van der Waals surface area contributed by atoms with Crippen molar-refractivity contribution in [1.82, 2.24) is 4.98 Å². The van der Waals surface area contributed by atoms with Gasteiger partial charge in [0.2, 0.25) is 5.88 Å². The summed E-state index contributed by atoms with van der Waals surface area (Å²) in [6.07, 6.45) is 0. The minimum atomic E-state index is 0.488. The molecule has 0 spiro atoms. The quantitative estimate of drug-likeness (QED) is 0.645. The molecule has 0 fully saturated rings. The largest absolute Gasteiger partial charge is 0.497 e. The Morgan fingerprint density at radius 3 is 2.52 bits per heavy atom. The third-order valence-electron chi connectivity index (χ3n) is 3.73. The van der Waals surface area contributed by atoms with Crippen LogP contribution in [0.3, 0.4) is 0 Å². The first-order chi connectivity index (χ1) is 12.2. The fourth-order valence-electron chi connectivity index (χ4n) is 2.35. The molecular weight excluding hydrogens is 336 g/mol. The number of halogens is 1. The second-order valence-electron chi connectivity index (χ2n) is 5.53. The Bertz CT molecular complexity index is 854. The number of ether oxygens (including phenoxy) is 2. The molecule has 4 nitrogen and oxygen atoms in total. The second kappa shape index (κ2) is 7.90. The van der Waals surface area contributed by atoms with Gasteiger partial charge in [-0.25, -0.2) is 4.98 Å². The van der Waals surface area contributed by atoms with Crippen molar-refractivity contribution in [3.8, 4) is 11.6 Å². The summed E-state index contributed by atoms with van der Waals surface area (Å²) >= 11 is 6.24. The lowest BCUT2D eigenvalue weighted by Gasteiger charge is -2.13. The van der Waals surface area contributed by atoms with E-state index in [-0.39, 0.29) is 0 Å². The number of rotatable bonds is 6. The highest BCUT2D eigenvalue weighted by Crippen LogP contribution is 2.30. The van der Waals surface area contributed by atoms with Gasteiger partial charge >= 0.3 is 0 Å². The number of pyridine rings is 1. The van der Waals surface area contributed by atoms with E-state index in [1.165, 1.54) is 0 Å². The topological polar surface area (TPSA) is 43.4 Å². The summed E-state index contributed by atoms with van der Waals surface area (Å²) in [4.78, 5) is 4.50. The Morgan fingerprint density at radius 1 is 1.00 bits per heavy atom. The average molecular weight is 355 g/mol. The molecular formula is C20H19ClN2O2. The monoisotopic (exact) mass is 354 g/mol. The number of nitrogens with zero attached hydrogens (tertiary/aromatic N) is 1. The summed E-state index contributed by atoms with van der Waals surface area (Å²) in [5.41, 5.74) is 3.56. The molecule has 0 unspecified atom stereocenters. The minimum Gasteiger partial charge on any atom is -0.497 e. The molecule has 128 valence electrons. The van der Waals surface area contributed by atoms with Crippen LogP contribution in [0.5, 0.6) is 11.6 Å². The van der Waals surface area contributed by atoms with Crippen molar-refractivity contribution in [3.63, 3.8) is 0 Å². The number of aromatic nitrogens is 1. The van der Waals surface area contributed by atoms with Crippen molar-refractivity contribution < 1.29 is 9.47 Å². The third kappa shape index (κ3) is 4.43. The SMILES string of the molecule is COc1ccc(Cl)c(Nc2ccc(OCc3ccccc3)nc2C)c1. The van der Waals surface area contributed by atoms with Crippen LogP contribution in [0.15, 0.2) is 60.7 Å². The summed E-state index contributed by atoms with van der Waals surface area (Å²) in [6.45, 7) is 2.41. The summed E-state index contributed by atoms with van der Waals surface area (Å²) in [5.74, 6) is 1.32. The summed E-state index contributed by atoms with van der Waals surface area (Å²) in [6, 6.07) is 19.2. The van der Waals surface area contributed by atoms with E-state index in [1.54, 1.807) is 13.2 Å². The maximum Gasteiger partial charge on any atom is 0.213 e. The predicted octanol–water partition coefficient (Wildman–Crippen LogP) is 5.37. The van der Waals surface area contributed by atoms with Crippen LogP contribution in [-0.2, 0) is 6.61 Å². The molecule has 0 aliphatic rings. The minimum absolute atomic E-state index is 0.488. The second-order valence-corrected chi connectivity index (χ2v) is 5.93. The highest BCUT2D eigenvalue weighted by atomic mass is 35.5. The lowest BCUT2D eigenvalue weighted by atomic mass is 10.2. The van der Waals surface area contributed by atoms with Crippen LogP contribution in [0.2, 0.25) is 5.02 Å². The van der Waals surface area contributed by atoms with E-state index in [1.807, 2.05) is 61.5 Å². The van der Waals surface area contributed by atoms with Gasteiger partial charge in [0.05, 0.1) is 29.2 Å². The van der Waals surface area contributed by atoms with Gasteiger partial charge in [0.15, 0.2) is 0 Å². The van der Waals surface area contributed by atoms with E-state index in [9.17, 15) is 0 Å². The number of hydrogen-bond acceptors (Lipinski definition) is 4. The number of nitrogens with one attached hydrogen (secondary N) is 1. The summed E-state index contributed by atoms with van der Waals surface area (Å²) < 4.78 is 11.0. The fourth-order valence-corrected chi connectivity index (χ4v) is 2.52. The van der Waals surface area contributed by atoms with Crippen molar-refractivity contribution in [2.24, 2.45) is 0 Å². The summed E-state index contributed by atoms with van der Waals surface area (Å²) in [5, 5.41) is 3.90. The molecule has 1 heterocycles. The molecule has 5 heteroatoms. The maximum atomic E-state index is 6.24. The van der Waals surface area contributed by atoms with Gasteiger partial charge in [0.25, 0.3) is 0 Å². The van der Waals surface area contributed by atoms with Crippen molar-refractivity contribution in [2.45, 2.75) is 13.5 Å². The van der Waals surface area contributed by atoms with E-state index in [2.05, 4.69) is 10.3 Å². The van der Waals surface area contributed by atoms with Crippen molar-refractivity contribution in [1.29, 1.82) is 0 Å². The number of benzene rings is 2. The van der Waals surface area contributed by atoms with Gasteiger partial charge in [-0.1, -0.05) is 41.9 Å². The van der Waals surface area contributed by atoms with Crippen LogP contribution in [0.4, 0.5) is 11.4 Å². The lowest BCUT2D eigenvalue weighted by Crippen LogP contribution is -2.01. The molecule has 0 saturated heterocycles. The molecule has 0 atom stereocenters. The molecule has 1 N–H and O–H groups in total. The molecule has 2 aromatic carbocycles. The predicted molar refractivity (Wildman–Crippen MR) is 101 cm³/mol. The third-order valence-corrected chi connectivity index (χ3v) is 4.06. The standard InChI is InChI=1S/C20H19ClN2O2/c1-14-18(23-19-12-16(24-2)8-9-17(19)21)10-11-20(22-14)25-13-15-6-4-3-5-7-15/h3-12,23H,13H2,1-2H3. The molecule has 0 radical (unpaired) electrons. The van der Waals surface area contributed by atoms with Crippen LogP contribution in [0.1, 0.15) is 11.3 Å². The molecule has 0 saturated carbocycles. The highest BCUT2D eigenvalue weighted by Gasteiger charge is 2.07. The average Bonchev–Trinajstić information content (AvgIpc) is 2.64. The van der Waals surface area contributed by atoms with Gasteiger partial charge in [-0.15, -0.1) is 0 Å². The number of aryl methyl sites for hydroxylation is 1. The zero-order valence-electron chi connectivity index (χ0n) is 14.1. The highest BCUT2D eigenvalue weighted by molar-refractivity contribution is 6.33. The lowest BCUT2D eigenvalue weighted by molar-refractivity contribution is 0.293. The molecule has 25 heavy (non-hydrogen) atoms. The number of methoxy groups -OCH3 is 1. The Labute approximate surface area is 152 Å². The molecule has 0 aliphatic carbocycles. The molecule has 0 bridgehead atoms. The van der Waals surface area contributed by atoms with Crippen molar-refractivity contribution in [2.75, 3.05) is 12.4 Å². The zero-order valence-corrected chi connectivity index (χ0v) is 14.9. The number of anilines is 2. The zero-order chi connectivity index (χ0) is 17.6. The van der Waals surface area contributed by atoms with Crippen molar-refractivity contribution in [3.05, 3.63) is 76.9 Å². The van der Waals surface area contributed by atoms with E-state index in [0.29, 0.717) is 17.5 Å². The Kier molecular flexibility index (Phi) is 5.41.